The summed E-state index contributed by atoms with van der Waals surface area (Å²) >= 11 is 0. The number of hydrogen-bond acceptors (Lipinski definition) is 2. The number of allylic oxidation sites excluding steroid dienone is 2. The van der Waals surface area contributed by atoms with Gasteiger partial charge in [0.1, 0.15) is 0 Å². The molecule has 1 amide bonds. The minimum atomic E-state index is -0.859. The van der Waals surface area contributed by atoms with Gasteiger partial charge >= 0.3 is 5.97 Å². The maximum atomic E-state index is 12.3. The van der Waals surface area contributed by atoms with Gasteiger partial charge in [0.05, 0.1) is 11.8 Å². The van der Waals surface area contributed by atoms with Gasteiger partial charge in [-0.1, -0.05) is 19.1 Å². The van der Waals surface area contributed by atoms with Crippen LogP contribution < -0.4 is 5.32 Å². The van der Waals surface area contributed by atoms with Crippen LogP contribution in [0.3, 0.4) is 0 Å². The van der Waals surface area contributed by atoms with E-state index in [0.717, 1.165) is 31.6 Å². The van der Waals surface area contributed by atoms with Crippen molar-refractivity contribution in [3.63, 3.8) is 0 Å². The van der Waals surface area contributed by atoms with Gasteiger partial charge in [-0.25, -0.2) is 0 Å². The highest BCUT2D eigenvalue weighted by molar-refractivity contribution is 5.85. The molecule has 0 aromatic heterocycles. The molecule has 2 aliphatic carbocycles. The molecule has 2 rings (SSSR count). The zero-order valence-corrected chi connectivity index (χ0v) is 11.5. The molecule has 0 aromatic rings. The van der Waals surface area contributed by atoms with Gasteiger partial charge in [-0.15, -0.1) is 0 Å². The minimum absolute atomic E-state index is 0.0729. The minimum Gasteiger partial charge on any atom is -0.481 e. The third-order valence-corrected chi connectivity index (χ3v) is 4.45. The highest BCUT2D eigenvalue weighted by Gasteiger charge is 2.35. The lowest BCUT2D eigenvalue weighted by Crippen LogP contribution is -2.44. The van der Waals surface area contributed by atoms with Crippen LogP contribution in [-0.4, -0.2) is 23.0 Å². The molecule has 2 aliphatic rings. The van der Waals surface area contributed by atoms with Crippen molar-refractivity contribution in [3.05, 3.63) is 12.2 Å². The van der Waals surface area contributed by atoms with Crippen LogP contribution in [0.5, 0.6) is 0 Å². The summed E-state index contributed by atoms with van der Waals surface area (Å²) < 4.78 is 0. The van der Waals surface area contributed by atoms with Crippen LogP contribution in [-0.2, 0) is 9.59 Å². The van der Waals surface area contributed by atoms with E-state index in [-0.39, 0.29) is 11.9 Å². The molecule has 0 aromatic carbocycles. The Kier molecular flexibility index (Phi) is 4.61. The Balaban J connectivity index is 1.91. The molecule has 4 nitrogen and oxygen atoms in total. The van der Waals surface area contributed by atoms with Crippen LogP contribution >= 0.6 is 0 Å². The smallest absolute Gasteiger partial charge is 0.307 e. The average molecular weight is 265 g/mol. The summed E-state index contributed by atoms with van der Waals surface area (Å²) in [6, 6.07) is 0.240. The predicted molar refractivity (Wildman–Crippen MR) is 72.6 cm³/mol. The van der Waals surface area contributed by atoms with Crippen molar-refractivity contribution in [1.82, 2.24) is 5.32 Å². The molecular formula is C15H23NO3. The first-order valence-corrected chi connectivity index (χ1v) is 7.26. The lowest BCUT2D eigenvalue weighted by molar-refractivity contribution is -0.147. The molecule has 2 atom stereocenters. The lowest BCUT2D eigenvalue weighted by Gasteiger charge is -2.30. The van der Waals surface area contributed by atoms with Crippen LogP contribution in [0.15, 0.2) is 12.2 Å². The van der Waals surface area contributed by atoms with Crippen LogP contribution in [0, 0.1) is 17.8 Å². The number of amides is 1. The van der Waals surface area contributed by atoms with Crippen LogP contribution in [0.1, 0.15) is 45.4 Å². The maximum Gasteiger partial charge on any atom is 0.307 e. The number of nitrogens with one attached hydrogen (secondary N) is 1. The molecule has 0 heterocycles. The van der Waals surface area contributed by atoms with Crippen molar-refractivity contribution in [2.75, 3.05) is 0 Å². The second-order valence-corrected chi connectivity index (χ2v) is 5.96. The zero-order valence-electron chi connectivity index (χ0n) is 11.5. The van der Waals surface area contributed by atoms with Gasteiger partial charge in [-0.2, -0.15) is 0 Å². The number of carboxylic acids is 1. The van der Waals surface area contributed by atoms with E-state index in [1.165, 1.54) is 0 Å². The normalized spacial score (nSPS) is 34.8. The van der Waals surface area contributed by atoms with E-state index in [2.05, 4.69) is 12.2 Å². The van der Waals surface area contributed by atoms with Crippen molar-refractivity contribution in [2.24, 2.45) is 17.8 Å². The van der Waals surface area contributed by atoms with Crippen LogP contribution in [0.25, 0.3) is 0 Å². The molecule has 0 unspecified atom stereocenters. The molecule has 1 fully saturated rings. The summed E-state index contributed by atoms with van der Waals surface area (Å²) in [6.07, 6.45) is 9.15. The molecule has 0 radical (unpaired) electrons. The molecule has 2 N–H and O–H groups in total. The van der Waals surface area contributed by atoms with Gasteiger partial charge in [0.15, 0.2) is 0 Å². The Hall–Kier alpha value is -1.32. The summed E-state index contributed by atoms with van der Waals surface area (Å²) in [6.45, 7) is 2.24. The van der Waals surface area contributed by atoms with Gasteiger partial charge in [0.2, 0.25) is 5.91 Å². The van der Waals surface area contributed by atoms with Crippen molar-refractivity contribution >= 4 is 11.9 Å². The molecule has 1 saturated carbocycles. The molecule has 0 saturated heterocycles. The fourth-order valence-electron chi connectivity index (χ4n) is 3.09. The standard InChI is InChI=1S/C15H23NO3/c1-10-6-8-11(9-7-10)16-14(17)12-4-2-3-5-13(12)15(18)19/h2-3,10-13H,4-9H2,1H3,(H,16,17)(H,18,19)/t10?,11?,12-,13-/m1/s1. The van der Waals surface area contributed by atoms with Gasteiger partial charge in [-0.3, -0.25) is 9.59 Å². The number of aliphatic carboxylic acids is 1. The van der Waals surface area contributed by atoms with Gasteiger partial charge < -0.3 is 10.4 Å². The van der Waals surface area contributed by atoms with Crippen molar-refractivity contribution in [1.29, 1.82) is 0 Å². The van der Waals surface area contributed by atoms with Gasteiger partial charge in [0.25, 0.3) is 0 Å². The maximum absolute atomic E-state index is 12.3. The third kappa shape index (κ3) is 3.58. The average Bonchev–Trinajstić information content (AvgIpc) is 2.41. The molecule has 0 spiro atoms. The van der Waals surface area contributed by atoms with Crippen molar-refractivity contribution in [2.45, 2.75) is 51.5 Å². The molecule has 0 aliphatic heterocycles. The molecule has 0 bridgehead atoms. The molecular weight excluding hydrogens is 242 g/mol. The first kappa shape index (κ1) is 14.1. The van der Waals surface area contributed by atoms with E-state index in [1.807, 2.05) is 12.2 Å². The van der Waals surface area contributed by atoms with E-state index < -0.39 is 17.8 Å². The Morgan fingerprint density at radius 3 is 2.21 bits per heavy atom. The zero-order chi connectivity index (χ0) is 13.8. The summed E-state index contributed by atoms with van der Waals surface area (Å²) in [7, 11) is 0. The molecule has 19 heavy (non-hydrogen) atoms. The quantitative estimate of drug-likeness (QED) is 0.770. The second kappa shape index (κ2) is 6.22. The lowest BCUT2D eigenvalue weighted by atomic mass is 9.81. The number of rotatable bonds is 3. The van der Waals surface area contributed by atoms with Gasteiger partial charge in [-0.05, 0) is 44.4 Å². The topological polar surface area (TPSA) is 66.4 Å². The Morgan fingerprint density at radius 2 is 1.63 bits per heavy atom. The van der Waals surface area contributed by atoms with Crippen molar-refractivity contribution in [3.8, 4) is 0 Å². The summed E-state index contributed by atoms with van der Waals surface area (Å²) in [4.78, 5) is 23.4. The fourth-order valence-corrected chi connectivity index (χ4v) is 3.09. The molecule has 106 valence electrons. The van der Waals surface area contributed by atoms with Crippen molar-refractivity contribution < 1.29 is 14.7 Å². The summed E-state index contributed by atoms with van der Waals surface area (Å²) in [5.74, 6) is -1.15. The van der Waals surface area contributed by atoms with E-state index >= 15 is 0 Å². The van der Waals surface area contributed by atoms with Crippen LogP contribution in [0.4, 0.5) is 0 Å². The van der Waals surface area contributed by atoms with E-state index in [9.17, 15) is 14.7 Å². The van der Waals surface area contributed by atoms with E-state index in [4.69, 9.17) is 0 Å². The third-order valence-electron chi connectivity index (χ3n) is 4.45. The predicted octanol–water partition coefficient (Wildman–Crippen LogP) is 2.35. The first-order valence-electron chi connectivity index (χ1n) is 7.26. The highest BCUT2D eigenvalue weighted by Crippen LogP contribution is 2.28. The SMILES string of the molecule is CC1CCC(NC(=O)[C@@H]2CC=CC[C@H]2C(=O)O)CC1. The number of carbonyl (C=O) groups is 2. The van der Waals surface area contributed by atoms with Crippen LogP contribution in [0.2, 0.25) is 0 Å². The Labute approximate surface area is 114 Å². The molecule has 4 heteroatoms. The number of hydrogen-bond donors (Lipinski definition) is 2. The second-order valence-electron chi connectivity index (χ2n) is 5.96. The fraction of sp³-hybridized carbons (Fsp3) is 0.733. The highest BCUT2D eigenvalue weighted by atomic mass is 16.4. The monoisotopic (exact) mass is 265 g/mol. The van der Waals surface area contributed by atoms with E-state index in [1.54, 1.807) is 0 Å². The summed E-state index contributed by atoms with van der Waals surface area (Å²) in [5, 5.41) is 12.2. The number of carbonyl (C=O) groups excluding carboxylic acids is 1. The Morgan fingerprint density at radius 1 is 1.05 bits per heavy atom. The Bertz CT molecular complexity index is 370. The first-order chi connectivity index (χ1) is 9.08. The summed E-state index contributed by atoms with van der Waals surface area (Å²) in [5.41, 5.74) is 0. The largest absolute Gasteiger partial charge is 0.481 e. The number of carboxylic acid groups (broad SMARTS) is 1. The van der Waals surface area contributed by atoms with E-state index in [0.29, 0.717) is 12.8 Å². The van der Waals surface area contributed by atoms with Gasteiger partial charge in [0, 0.05) is 6.04 Å².